The van der Waals surface area contributed by atoms with Crippen LogP contribution in [-0.2, 0) is 20.4 Å². The topological polar surface area (TPSA) is 29.4 Å². The smallest absolute Gasteiger partial charge is 0.267 e. The van der Waals surface area contributed by atoms with Crippen LogP contribution in [0.4, 0.5) is 0 Å². The number of carbonyl (C=O) groups is 1. The third-order valence-electron chi connectivity index (χ3n) is 3.00. The first-order valence-corrected chi connectivity index (χ1v) is 10.8. The molecule has 1 aliphatic rings. The predicted molar refractivity (Wildman–Crippen MR) is 90.9 cm³/mol. The molecule has 0 N–H and O–H groups in total. The molecule has 0 aromatic heterocycles. The predicted octanol–water partition coefficient (Wildman–Crippen LogP) is -0.852. The van der Waals surface area contributed by atoms with Crippen LogP contribution in [0.15, 0.2) is 56.6 Å². The maximum absolute atomic E-state index is 11.3. The number of nitrogens with zero attached hydrogens (tertiary/aromatic N) is 1. The van der Waals surface area contributed by atoms with Crippen molar-refractivity contribution in [3.63, 3.8) is 0 Å². The molecule has 0 atom stereocenters. The summed E-state index contributed by atoms with van der Waals surface area (Å²) in [4.78, 5) is 11.3. The van der Waals surface area contributed by atoms with Crippen LogP contribution in [0.3, 0.4) is 0 Å². The van der Waals surface area contributed by atoms with Gasteiger partial charge in [0, 0.05) is 5.56 Å². The van der Waals surface area contributed by atoms with Crippen LogP contribution in [0, 0.1) is 5.92 Å². The molecule has 1 aromatic rings. The van der Waals surface area contributed by atoms with Crippen LogP contribution in [0.2, 0.25) is 13.1 Å². The van der Waals surface area contributed by atoms with E-state index in [4.69, 9.17) is 0 Å². The number of hydrogen-bond donors (Lipinski definition) is 0. The van der Waals surface area contributed by atoms with Crippen LogP contribution in [0.25, 0.3) is 0 Å². The molecule has 0 saturated heterocycles. The molecule has 0 fully saturated rings. The summed E-state index contributed by atoms with van der Waals surface area (Å²) in [5.74, 6) is 0.710. The summed E-state index contributed by atoms with van der Waals surface area (Å²) < 4.78 is 5.57. The van der Waals surface area contributed by atoms with E-state index in [0.717, 1.165) is 5.92 Å². The summed E-state index contributed by atoms with van der Waals surface area (Å²) in [6.45, 7) is 8.52. The zero-order valence-corrected chi connectivity index (χ0v) is 18.7. The molecule has 24 heavy (non-hydrogen) atoms. The van der Waals surface area contributed by atoms with Gasteiger partial charge in [-0.05, 0) is 25.2 Å². The quantitative estimate of drug-likeness (QED) is 0.590. The minimum atomic E-state index is -0.805. The average molecular weight is 417 g/mol. The Bertz CT molecular complexity index is 594. The molecule has 0 heterocycles. The van der Waals surface area contributed by atoms with Crippen molar-refractivity contribution in [1.82, 2.24) is 0 Å². The maximum atomic E-state index is 11.3. The second-order valence-electron chi connectivity index (χ2n) is 5.94. The van der Waals surface area contributed by atoms with E-state index < -0.39 is 8.59 Å². The fourth-order valence-corrected chi connectivity index (χ4v) is 3.04. The second-order valence-corrected chi connectivity index (χ2v) is 9.00. The monoisotopic (exact) mass is 416 g/mol. The van der Waals surface area contributed by atoms with Crippen LogP contribution in [-0.4, -0.2) is 14.5 Å². The summed E-state index contributed by atoms with van der Waals surface area (Å²) in [5.41, 5.74) is 2.25. The van der Waals surface area contributed by atoms with Crippen molar-refractivity contribution >= 4 is 14.5 Å². The van der Waals surface area contributed by atoms with E-state index in [1.54, 1.807) is 21.6 Å². The normalized spacial score (nSPS) is 12.0. The summed E-state index contributed by atoms with van der Waals surface area (Å²) in [6.07, 6.45) is 6.97. The Balaban J connectivity index is 0. The van der Waals surface area contributed by atoms with Crippen molar-refractivity contribution in [3.05, 3.63) is 57.5 Å². The molecule has 1 amide bonds. The van der Waals surface area contributed by atoms with Gasteiger partial charge < -0.3 is 24.8 Å². The van der Waals surface area contributed by atoms with E-state index >= 15 is 0 Å². The number of benzene rings is 1. The van der Waals surface area contributed by atoms with Gasteiger partial charge >= 0.3 is 74.6 Å². The fourth-order valence-electron chi connectivity index (χ4n) is 2.03. The van der Waals surface area contributed by atoms with E-state index in [1.165, 1.54) is 12.8 Å². The first kappa shape index (κ1) is 25.9. The zero-order chi connectivity index (χ0) is 16.5. The molecule has 2 rings (SSSR count). The van der Waals surface area contributed by atoms with Crippen molar-refractivity contribution in [3.8, 4) is 0 Å². The van der Waals surface area contributed by atoms with Gasteiger partial charge in [-0.15, -0.1) is 0 Å². The standard InChI is InChI=1S/C9H11NOSi.C9H13.2ClH.Ti/c1-12(2)10-9(11)8-6-4-3-5-7-8;1-8(2)7-9-5-3-4-6-9;;;/h3-7H,1-2H3;3,5,8H,4,7H2,1-2H3;2*1H;/q;;;;+2/p-2. The first-order chi connectivity index (χ1) is 10.4. The largest absolute Gasteiger partial charge is 1.00 e. The van der Waals surface area contributed by atoms with Gasteiger partial charge in [0.05, 0.1) is 0 Å². The third-order valence-corrected chi connectivity index (χ3v) is 4.47. The van der Waals surface area contributed by atoms with Crippen LogP contribution >= 0.6 is 0 Å². The summed E-state index contributed by atoms with van der Waals surface area (Å²) in [6, 6.07) is 9.16. The number of rotatable bonds is 3. The minimum absolute atomic E-state index is 0. The zero-order valence-electron chi connectivity index (χ0n) is 14.6. The average Bonchev–Trinajstić information content (AvgIpc) is 2.84. The van der Waals surface area contributed by atoms with Gasteiger partial charge in [-0.3, -0.25) is 9.43 Å². The first-order valence-electron chi connectivity index (χ1n) is 7.61. The molecular weight excluding hydrogens is 393 g/mol. The van der Waals surface area contributed by atoms with Gasteiger partial charge in [-0.1, -0.05) is 18.2 Å². The molecule has 2 nitrogen and oxygen atoms in total. The van der Waals surface area contributed by atoms with Crippen LogP contribution < -0.4 is 24.8 Å². The summed E-state index contributed by atoms with van der Waals surface area (Å²) in [5, 5.41) is 0. The second kappa shape index (κ2) is 13.9. The Labute approximate surface area is 171 Å². The fraction of sp³-hybridized carbons (Fsp3) is 0.389. The van der Waals surface area contributed by atoms with Crippen LogP contribution in [0.5, 0.6) is 0 Å². The number of allylic oxidation sites excluding steroid dienone is 4. The Morgan fingerprint density at radius 2 is 1.79 bits per heavy atom. The SMILES string of the molecule is CC(C)CC1=[C]([Ti+2])CC=C1.C[Si](C)=NC(=O)c1ccccc1.[Cl-].[Cl-]. The van der Waals surface area contributed by atoms with E-state index in [-0.39, 0.29) is 30.7 Å². The van der Waals surface area contributed by atoms with Gasteiger partial charge in [-0.2, -0.15) is 0 Å². The molecule has 0 spiro atoms. The summed E-state index contributed by atoms with van der Waals surface area (Å²) in [7, 11) is -0.805. The molecule has 1 aromatic carbocycles. The van der Waals surface area contributed by atoms with E-state index in [2.05, 4.69) is 51.1 Å². The van der Waals surface area contributed by atoms with Gasteiger partial charge in [0.25, 0.3) is 5.91 Å². The number of halogens is 2. The van der Waals surface area contributed by atoms with E-state index in [0.29, 0.717) is 5.56 Å². The Morgan fingerprint density at radius 3 is 2.21 bits per heavy atom. The number of amides is 1. The van der Waals surface area contributed by atoms with Gasteiger partial charge in [-0.25, -0.2) is 0 Å². The number of carbonyl (C=O) groups excluding carboxylic acids is 1. The molecule has 0 radical (unpaired) electrons. The van der Waals surface area contributed by atoms with Crippen molar-refractivity contribution in [2.24, 2.45) is 10.6 Å². The molecule has 0 saturated carbocycles. The Hall–Kier alpha value is -0.319. The van der Waals surface area contributed by atoms with Crippen molar-refractivity contribution in [2.45, 2.75) is 39.8 Å². The number of hydrogen-bond acceptors (Lipinski definition) is 1. The van der Waals surface area contributed by atoms with Gasteiger partial charge in [0.2, 0.25) is 0 Å². The Morgan fingerprint density at radius 1 is 1.21 bits per heavy atom. The molecule has 1 aliphatic carbocycles. The molecule has 0 aliphatic heterocycles. The van der Waals surface area contributed by atoms with Crippen molar-refractivity contribution in [2.75, 3.05) is 0 Å². The van der Waals surface area contributed by atoms with Gasteiger partial charge in [0.1, 0.15) is 8.59 Å². The molecule has 129 valence electrons. The third kappa shape index (κ3) is 10.5. The Kier molecular flexibility index (Phi) is 15.0. The van der Waals surface area contributed by atoms with Crippen LogP contribution in [0.1, 0.15) is 37.0 Å². The maximum Gasteiger partial charge on any atom is 0.267 e. The van der Waals surface area contributed by atoms with E-state index in [1.807, 2.05) is 31.3 Å². The molecule has 0 unspecified atom stereocenters. The molecular formula is C18H24Cl2NOSiTi. The van der Waals surface area contributed by atoms with Gasteiger partial charge in [0.15, 0.2) is 0 Å². The molecule has 6 heteroatoms. The minimum Gasteiger partial charge on any atom is -1.00 e. The van der Waals surface area contributed by atoms with E-state index in [9.17, 15) is 4.79 Å². The van der Waals surface area contributed by atoms with Crippen molar-refractivity contribution < 1.29 is 50.0 Å². The van der Waals surface area contributed by atoms with Crippen molar-refractivity contribution in [1.29, 1.82) is 0 Å². The summed E-state index contributed by atoms with van der Waals surface area (Å²) >= 11 is 2.23. The molecule has 0 bridgehead atoms.